The average molecular weight is 366 g/mol. The zero-order valence-corrected chi connectivity index (χ0v) is 16.0. The van der Waals surface area contributed by atoms with Gasteiger partial charge in [0.15, 0.2) is 5.82 Å². The molecule has 0 radical (unpaired) electrons. The molecule has 2 aromatic heterocycles. The van der Waals surface area contributed by atoms with Crippen molar-refractivity contribution in [2.24, 2.45) is 0 Å². The molecular formula is C20H22N4O3. The molecule has 1 N–H and O–H groups in total. The van der Waals surface area contributed by atoms with Crippen LogP contribution in [0.2, 0.25) is 0 Å². The molecule has 2 heterocycles. The summed E-state index contributed by atoms with van der Waals surface area (Å²) in [7, 11) is 1.70. The van der Waals surface area contributed by atoms with Crippen LogP contribution in [0.4, 0.5) is 11.4 Å². The van der Waals surface area contributed by atoms with Crippen molar-refractivity contribution >= 4 is 23.2 Å². The Morgan fingerprint density at radius 2 is 1.78 bits per heavy atom. The second-order valence-corrected chi connectivity index (χ2v) is 6.50. The summed E-state index contributed by atoms with van der Waals surface area (Å²) in [5.74, 6) is 1.10. The van der Waals surface area contributed by atoms with E-state index in [1.165, 1.54) is 6.92 Å². The number of hydrogen-bond acceptors (Lipinski definition) is 4. The van der Waals surface area contributed by atoms with Crippen LogP contribution in [0.3, 0.4) is 0 Å². The van der Waals surface area contributed by atoms with E-state index in [1.807, 2.05) is 37.5 Å². The van der Waals surface area contributed by atoms with Crippen LogP contribution in [0.1, 0.15) is 34.4 Å². The van der Waals surface area contributed by atoms with Gasteiger partial charge in [0.25, 0.3) is 5.91 Å². The van der Waals surface area contributed by atoms with Gasteiger partial charge in [-0.15, -0.1) is 0 Å². The number of carbonyl (C=O) groups excluding carboxylic acids is 2. The lowest BCUT2D eigenvalue weighted by molar-refractivity contribution is -0.116. The number of aryl methyl sites for hydroxylation is 2. The van der Waals surface area contributed by atoms with Crippen molar-refractivity contribution in [1.82, 2.24) is 9.72 Å². The minimum Gasteiger partial charge on any atom is -0.360 e. The van der Waals surface area contributed by atoms with Crippen LogP contribution in [-0.4, -0.2) is 28.6 Å². The minimum absolute atomic E-state index is 0.0534. The van der Waals surface area contributed by atoms with Crippen LogP contribution < -0.4 is 10.2 Å². The Kier molecular flexibility index (Phi) is 4.85. The standard InChI is InChI=1S/C20H22N4O3/c1-12-10-18(14(3)24(12)19-11-13(2)27-22-19)20(26)21-16-6-8-17(9-7-16)23(5)15(4)25/h6-11H,1-5H3,(H,21,26). The molecule has 0 saturated carbocycles. The predicted octanol–water partition coefficient (Wildman–Crippen LogP) is 3.63. The molecule has 0 atom stereocenters. The Morgan fingerprint density at radius 1 is 1.11 bits per heavy atom. The van der Waals surface area contributed by atoms with Crippen molar-refractivity contribution in [2.75, 3.05) is 17.3 Å². The number of hydrogen-bond donors (Lipinski definition) is 1. The van der Waals surface area contributed by atoms with E-state index in [0.717, 1.165) is 17.1 Å². The van der Waals surface area contributed by atoms with Crippen molar-refractivity contribution in [3.8, 4) is 5.82 Å². The maximum atomic E-state index is 12.7. The van der Waals surface area contributed by atoms with Crippen molar-refractivity contribution in [3.05, 3.63) is 59.1 Å². The summed E-state index contributed by atoms with van der Waals surface area (Å²) >= 11 is 0. The Hall–Kier alpha value is -3.35. The first-order valence-electron chi connectivity index (χ1n) is 8.56. The van der Waals surface area contributed by atoms with Crippen LogP contribution in [0.5, 0.6) is 0 Å². The fourth-order valence-corrected chi connectivity index (χ4v) is 2.95. The molecule has 2 amide bonds. The maximum Gasteiger partial charge on any atom is 0.257 e. The third-order valence-electron chi connectivity index (χ3n) is 4.51. The first-order valence-corrected chi connectivity index (χ1v) is 8.56. The smallest absolute Gasteiger partial charge is 0.257 e. The number of carbonyl (C=O) groups is 2. The van der Waals surface area contributed by atoms with Crippen molar-refractivity contribution in [3.63, 3.8) is 0 Å². The number of anilines is 2. The van der Waals surface area contributed by atoms with Gasteiger partial charge in [0, 0.05) is 42.8 Å². The van der Waals surface area contributed by atoms with E-state index < -0.39 is 0 Å². The van der Waals surface area contributed by atoms with Gasteiger partial charge in [0.2, 0.25) is 5.91 Å². The van der Waals surface area contributed by atoms with Gasteiger partial charge in [0.05, 0.1) is 5.56 Å². The van der Waals surface area contributed by atoms with Gasteiger partial charge < -0.3 is 14.7 Å². The van der Waals surface area contributed by atoms with E-state index in [4.69, 9.17) is 4.52 Å². The lowest BCUT2D eigenvalue weighted by atomic mass is 10.2. The Labute approximate surface area is 157 Å². The zero-order chi connectivity index (χ0) is 19.7. The summed E-state index contributed by atoms with van der Waals surface area (Å²) in [6, 6.07) is 10.8. The molecule has 1 aromatic carbocycles. The summed E-state index contributed by atoms with van der Waals surface area (Å²) in [5, 5.41) is 6.92. The fourth-order valence-electron chi connectivity index (χ4n) is 2.95. The first-order chi connectivity index (χ1) is 12.8. The molecule has 0 aliphatic carbocycles. The quantitative estimate of drug-likeness (QED) is 0.765. The third-order valence-corrected chi connectivity index (χ3v) is 4.51. The van der Waals surface area contributed by atoms with Gasteiger partial charge in [-0.3, -0.25) is 14.2 Å². The van der Waals surface area contributed by atoms with Gasteiger partial charge >= 0.3 is 0 Å². The van der Waals surface area contributed by atoms with E-state index in [9.17, 15) is 9.59 Å². The first kappa shape index (κ1) is 18.4. The highest BCUT2D eigenvalue weighted by Gasteiger charge is 2.18. The third kappa shape index (κ3) is 3.62. The summed E-state index contributed by atoms with van der Waals surface area (Å²) in [5.41, 5.74) is 3.66. The molecule has 0 spiro atoms. The van der Waals surface area contributed by atoms with Crippen LogP contribution in [0.25, 0.3) is 5.82 Å². The molecule has 3 aromatic rings. The van der Waals surface area contributed by atoms with Gasteiger partial charge in [-0.25, -0.2) is 0 Å². The van der Waals surface area contributed by atoms with Gasteiger partial charge in [-0.05, 0) is 51.1 Å². The lowest BCUT2D eigenvalue weighted by Crippen LogP contribution is -2.22. The number of rotatable bonds is 4. The normalized spacial score (nSPS) is 10.7. The summed E-state index contributed by atoms with van der Waals surface area (Å²) < 4.78 is 7.03. The molecule has 7 nitrogen and oxygen atoms in total. The highest BCUT2D eigenvalue weighted by atomic mass is 16.5. The Morgan fingerprint density at radius 3 is 2.33 bits per heavy atom. The predicted molar refractivity (Wildman–Crippen MR) is 104 cm³/mol. The van der Waals surface area contributed by atoms with Crippen molar-refractivity contribution in [1.29, 1.82) is 0 Å². The molecule has 7 heteroatoms. The highest BCUT2D eigenvalue weighted by Crippen LogP contribution is 2.23. The van der Waals surface area contributed by atoms with Crippen LogP contribution in [-0.2, 0) is 4.79 Å². The fraction of sp³-hybridized carbons (Fsp3) is 0.250. The van der Waals surface area contributed by atoms with E-state index >= 15 is 0 Å². The number of nitrogens with one attached hydrogen (secondary N) is 1. The van der Waals surface area contributed by atoms with Crippen molar-refractivity contribution < 1.29 is 14.1 Å². The number of aromatic nitrogens is 2. The molecule has 0 unspecified atom stereocenters. The number of nitrogens with zero attached hydrogens (tertiary/aromatic N) is 3. The number of benzene rings is 1. The zero-order valence-electron chi connectivity index (χ0n) is 16.0. The van der Waals surface area contributed by atoms with Crippen LogP contribution in [0.15, 0.2) is 40.9 Å². The summed E-state index contributed by atoms with van der Waals surface area (Å²) in [6.45, 7) is 7.12. The minimum atomic E-state index is -0.206. The second-order valence-electron chi connectivity index (χ2n) is 6.50. The molecule has 0 aliphatic rings. The molecular weight excluding hydrogens is 344 g/mol. The van der Waals surface area contributed by atoms with Crippen LogP contribution in [0, 0.1) is 20.8 Å². The molecule has 3 rings (SSSR count). The van der Waals surface area contributed by atoms with E-state index in [-0.39, 0.29) is 11.8 Å². The molecule has 140 valence electrons. The Bertz CT molecular complexity index is 999. The molecule has 0 aliphatic heterocycles. The van der Waals surface area contributed by atoms with Crippen molar-refractivity contribution in [2.45, 2.75) is 27.7 Å². The highest BCUT2D eigenvalue weighted by molar-refractivity contribution is 6.05. The average Bonchev–Trinajstić information content (AvgIpc) is 3.17. The van der Waals surface area contributed by atoms with Gasteiger partial charge in [0.1, 0.15) is 5.76 Å². The van der Waals surface area contributed by atoms with E-state index in [0.29, 0.717) is 22.8 Å². The molecule has 0 saturated heterocycles. The van der Waals surface area contributed by atoms with Gasteiger partial charge in [-0.2, -0.15) is 0 Å². The molecule has 0 fully saturated rings. The molecule has 0 bridgehead atoms. The van der Waals surface area contributed by atoms with Crippen LogP contribution >= 0.6 is 0 Å². The van der Waals surface area contributed by atoms with E-state index in [1.54, 1.807) is 36.2 Å². The SMILES string of the molecule is CC(=O)N(C)c1ccc(NC(=O)c2cc(C)n(-c3cc(C)on3)c2C)cc1. The topological polar surface area (TPSA) is 80.4 Å². The monoisotopic (exact) mass is 366 g/mol. The second kappa shape index (κ2) is 7.11. The largest absolute Gasteiger partial charge is 0.360 e. The molecule has 27 heavy (non-hydrogen) atoms. The lowest BCUT2D eigenvalue weighted by Gasteiger charge is -2.15. The Balaban J connectivity index is 1.82. The maximum absolute atomic E-state index is 12.7. The summed E-state index contributed by atoms with van der Waals surface area (Å²) in [6.07, 6.45) is 0. The number of amides is 2. The summed E-state index contributed by atoms with van der Waals surface area (Å²) in [4.78, 5) is 25.7. The van der Waals surface area contributed by atoms with Gasteiger partial charge in [-0.1, -0.05) is 5.16 Å². The van der Waals surface area contributed by atoms with E-state index in [2.05, 4.69) is 10.5 Å².